The van der Waals surface area contributed by atoms with Crippen LogP contribution < -0.4 is 10.7 Å². The van der Waals surface area contributed by atoms with Gasteiger partial charge in [0.25, 0.3) is 5.91 Å². The number of benzene rings is 1. The molecule has 0 saturated carbocycles. The topological polar surface area (TPSA) is 92.9 Å². The number of ether oxygens (including phenoxy) is 1. The van der Waals surface area contributed by atoms with Crippen molar-refractivity contribution in [2.45, 2.75) is 6.92 Å². The van der Waals surface area contributed by atoms with Crippen LogP contribution in [0.4, 0.5) is 10.5 Å². The third-order valence-electron chi connectivity index (χ3n) is 2.86. The van der Waals surface area contributed by atoms with Crippen molar-refractivity contribution in [3.63, 3.8) is 0 Å². The van der Waals surface area contributed by atoms with Gasteiger partial charge < -0.3 is 14.5 Å². The lowest BCUT2D eigenvalue weighted by atomic mass is 10.1. The minimum Gasteiger partial charge on any atom is -0.452 e. The first kappa shape index (κ1) is 16.8. The number of nitrogens with one attached hydrogen (secondary N) is 2. The van der Waals surface area contributed by atoms with Gasteiger partial charge in [0.1, 0.15) is 0 Å². The highest BCUT2D eigenvalue weighted by Crippen LogP contribution is 2.16. The molecule has 0 aliphatic rings. The summed E-state index contributed by atoms with van der Waals surface area (Å²) < 4.78 is 10.1. The maximum absolute atomic E-state index is 11.9. The Kier molecular flexibility index (Phi) is 5.53. The van der Waals surface area contributed by atoms with Crippen LogP contribution in [0.15, 0.2) is 50.6 Å². The molecule has 0 bridgehead atoms. The molecule has 0 unspecified atom stereocenters. The van der Waals surface area contributed by atoms with Crippen molar-refractivity contribution in [2.24, 2.45) is 5.10 Å². The smallest absolute Gasteiger partial charge is 0.427 e. The molecular weight excluding hydrogens is 366 g/mol. The molecule has 0 spiro atoms. The van der Waals surface area contributed by atoms with Crippen LogP contribution in [0.25, 0.3) is 0 Å². The van der Waals surface area contributed by atoms with Crippen LogP contribution >= 0.6 is 15.9 Å². The monoisotopic (exact) mass is 379 g/mol. The van der Waals surface area contributed by atoms with Gasteiger partial charge in [-0.1, -0.05) is 12.1 Å². The summed E-state index contributed by atoms with van der Waals surface area (Å²) in [6.45, 7) is 1.74. The lowest BCUT2D eigenvalue weighted by Crippen LogP contribution is -2.18. The van der Waals surface area contributed by atoms with Crippen LogP contribution in [0.2, 0.25) is 0 Å². The Bertz CT molecular complexity index is 737. The molecule has 0 radical (unpaired) electrons. The number of nitrogens with zero attached hydrogens (tertiary/aromatic N) is 1. The predicted octanol–water partition coefficient (Wildman–Crippen LogP) is 3.37. The van der Waals surface area contributed by atoms with Crippen LogP contribution in [0.3, 0.4) is 0 Å². The Morgan fingerprint density at radius 3 is 2.43 bits per heavy atom. The molecular formula is C15H14BrN3O4. The second-order valence-corrected chi connectivity index (χ2v) is 5.22. The van der Waals surface area contributed by atoms with E-state index in [1.54, 1.807) is 43.3 Å². The molecule has 1 aromatic carbocycles. The normalized spacial score (nSPS) is 11.0. The minimum atomic E-state index is -0.641. The van der Waals surface area contributed by atoms with E-state index in [2.05, 4.69) is 36.5 Å². The Morgan fingerprint density at radius 2 is 1.87 bits per heavy atom. The van der Waals surface area contributed by atoms with Crippen LogP contribution in [0, 0.1) is 0 Å². The number of rotatable bonds is 4. The third kappa shape index (κ3) is 4.68. The van der Waals surface area contributed by atoms with Gasteiger partial charge >= 0.3 is 6.09 Å². The number of hydrogen-bond acceptors (Lipinski definition) is 5. The molecule has 7 nitrogen and oxygen atoms in total. The quantitative estimate of drug-likeness (QED) is 0.628. The molecule has 0 aliphatic heterocycles. The van der Waals surface area contributed by atoms with Crippen LogP contribution in [-0.4, -0.2) is 24.8 Å². The van der Waals surface area contributed by atoms with E-state index in [4.69, 9.17) is 4.42 Å². The molecule has 2 aromatic rings. The van der Waals surface area contributed by atoms with Crippen molar-refractivity contribution in [2.75, 3.05) is 12.4 Å². The Balaban J connectivity index is 2.01. The Hall–Kier alpha value is -2.61. The molecule has 2 amide bonds. The molecule has 1 heterocycles. The second-order valence-electron chi connectivity index (χ2n) is 4.44. The van der Waals surface area contributed by atoms with E-state index in [-0.39, 0.29) is 11.7 Å². The zero-order valence-corrected chi connectivity index (χ0v) is 14.0. The summed E-state index contributed by atoms with van der Waals surface area (Å²) in [4.78, 5) is 22.9. The number of hydrogen-bond donors (Lipinski definition) is 2. The van der Waals surface area contributed by atoms with Gasteiger partial charge in [0.2, 0.25) is 0 Å². The molecule has 0 atom stereocenters. The van der Waals surface area contributed by atoms with E-state index in [0.29, 0.717) is 16.1 Å². The fraction of sp³-hybridized carbons (Fsp3) is 0.133. The summed E-state index contributed by atoms with van der Waals surface area (Å²) in [5.74, 6) is -0.137. The number of furan rings is 1. The number of anilines is 1. The van der Waals surface area contributed by atoms with Crippen LogP contribution in [0.5, 0.6) is 0 Å². The van der Waals surface area contributed by atoms with Crippen molar-refractivity contribution in [1.29, 1.82) is 0 Å². The number of halogens is 1. The maximum Gasteiger partial charge on any atom is 0.427 e. The third-order valence-corrected chi connectivity index (χ3v) is 3.28. The minimum absolute atomic E-state index is 0.209. The predicted molar refractivity (Wildman–Crippen MR) is 88.6 cm³/mol. The summed E-state index contributed by atoms with van der Waals surface area (Å²) in [6.07, 6.45) is -0.641. The van der Waals surface area contributed by atoms with Crippen molar-refractivity contribution in [1.82, 2.24) is 5.43 Å². The first-order chi connectivity index (χ1) is 11.0. The Morgan fingerprint density at radius 1 is 1.17 bits per heavy atom. The zero-order chi connectivity index (χ0) is 16.8. The van der Waals surface area contributed by atoms with Gasteiger partial charge in [-0.3, -0.25) is 4.79 Å². The lowest BCUT2D eigenvalue weighted by molar-refractivity contribution is 0.0995. The van der Waals surface area contributed by atoms with E-state index in [0.717, 1.165) is 5.56 Å². The van der Waals surface area contributed by atoms with Gasteiger partial charge in [0, 0.05) is 5.69 Å². The summed E-state index contributed by atoms with van der Waals surface area (Å²) in [7, 11) is 1.26. The number of hydrazone groups is 1. The van der Waals surface area contributed by atoms with Gasteiger partial charge in [-0.05, 0) is 52.7 Å². The summed E-state index contributed by atoms with van der Waals surface area (Å²) in [5.41, 5.74) is 4.24. The summed E-state index contributed by atoms with van der Waals surface area (Å²) >= 11 is 3.14. The van der Waals surface area contributed by atoms with E-state index in [1.807, 2.05) is 0 Å². The fourth-order valence-corrected chi connectivity index (χ4v) is 1.97. The molecule has 0 fully saturated rings. The molecule has 8 heteroatoms. The fourth-order valence-electron chi connectivity index (χ4n) is 1.66. The van der Waals surface area contributed by atoms with Crippen LogP contribution in [0.1, 0.15) is 23.0 Å². The van der Waals surface area contributed by atoms with E-state index >= 15 is 0 Å². The number of carbonyl (C=O) groups excluding carboxylic acids is 2. The lowest BCUT2D eigenvalue weighted by Gasteiger charge is -2.05. The molecule has 120 valence electrons. The highest BCUT2D eigenvalue weighted by Gasteiger charge is 2.10. The number of amides is 2. The molecule has 2 rings (SSSR count). The second kappa shape index (κ2) is 7.59. The summed E-state index contributed by atoms with van der Waals surface area (Å²) in [5, 5.41) is 6.60. The van der Waals surface area contributed by atoms with Crippen molar-refractivity contribution >= 4 is 39.3 Å². The molecule has 23 heavy (non-hydrogen) atoms. The van der Waals surface area contributed by atoms with Gasteiger partial charge in [-0.25, -0.2) is 10.2 Å². The van der Waals surface area contributed by atoms with Crippen molar-refractivity contribution in [3.8, 4) is 0 Å². The van der Waals surface area contributed by atoms with Crippen molar-refractivity contribution < 1.29 is 18.7 Å². The van der Waals surface area contributed by atoms with Gasteiger partial charge in [0.15, 0.2) is 10.4 Å². The largest absolute Gasteiger partial charge is 0.452 e. The summed E-state index contributed by atoms with van der Waals surface area (Å²) in [6, 6.07) is 10.2. The van der Waals surface area contributed by atoms with Gasteiger partial charge in [-0.2, -0.15) is 5.10 Å². The first-order valence-corrected chi connectivity index (χ1v) is 7.34. The van der Waals surface area contributed by atoms with E-state index in [9.17, 15) is 9.59 Å². The van der Waals surface area contributed by atoms with Gasteiger partial charge in [-0.15, -0.1) is 0 Å². The average molecular weight is 380 g/mol. The maximum atomic E-state index is 11.9. The van der Waals surface area contributed by atoms with Crippen molar-refractivity contribution in [3.05, 3.63) is 52.4 Å². The SMILES string of the molecule is COC(=O)NN=C(C)c1ccc(NC(=O)c2ccc(Br)o2)cc1. The highest BCUT2D eigenvalue weighted by molar-refractivity contribution is 9.10. The van der Waals surface area contributed by atoms with E-state index in [1.165, 1.54) is 7.11 Å². The van der Waals surface area contributed by atoms with Crippen LogP contribution in [-0.2, 0) is 4.74 Å². The molecule has 1 aromatic heterocycles. The average Bonchev–Trinajstić information content (AvgIpc) is 2.99. The number of methoxy groups -OCH3 is 1. The van der Waals surface area contributed by atoms with E-state index < -0.39 is 6.09 Å². The highest BCUT2D eigenvalue weighted by atomic mass is 79.9. The molecule has 0 saturated heterocycles. The van der Waals surface area contributed by atoms with Gasteiger partial charge in [0.05, 0.1) is 12.8 Å². The first-order valence-electron chi connectivity index (χ1n) is 6.55. The zero-order valence-electron chi connectivity index (χ0n) is 12.4. The number of carbonyl (C=O) groups is 2. The molecule has 2 N–H and O–H groups in total. The standard InChI is InChI=1S/C15H14BrN3O4/c1-9(18-19-15(21)22-2)10-3-5-11(6-4-10)17-14(20)12-7-8-13(16)23-12/h3-8H,1-2H3,(H,17,20)(H,19,21). The molecule has 0 aliphatic carbocycles. The Labute approximate surface area is 140 Å².